The summed E-state index contributed by atoms with van der Waals surface area (Å²) in [5.41, 5.74) is 1.26. The van der Waals surface area contributed by atoms with Crippen molar-refractivity contribution in [2.75, 3.05) is 23.8 Å². The van der Waals surface area contributed by atoms with Gasteiger partial charge in [-0.15, -0.1) is 5.10 Å². The maximum absolute atomic E-state index is 4.58. The van der Waals surface area contributed by atoms with Crippen LogP contribution in [-0.2, 0) is 6.42 Å². The van der Waals surface area contributed by atoms with Crippen LogP contribution in [0.25, 0.3) is 0 Å². The number of anilines is 2. The van der Waals surface area contributed by atoms with Gasteiger partial charge in [-0.05, 0) is 37.0 Å². The molecule has 0 atom stereocenters. The molecule has 1 aliphatic rings. The molecule has 0 unspecified atom stereocenters. The lowest BCUT2D eigenvalue weighted by Crippen LogP contribution is -2.24. The van der Waals surface area contributed by atoms with Gasteiger partial charge in [0.05, 0.1) is 6.20 Å². The highest BCUT2D eigenvalue weighted by Gasteiger charge is 2.16. The summed E-state index contributed by atoms with van der Waals surface area (Å²) in [6, 6.07) is 4.60. The van der Waals surface area contributed by atoms with Gasteiger partial charge in [0.2, 0.25) is 5.95 Å². The molecule has 0 aromatic carbocycles. The number of hydrogen-bond acceptors (Lipinski definition) is 6. The number of hydrogen-bond donors (Lipinski definition) is 1. The lowest BCUT2D eigenvalue weighted by molar-refractivity contribution is 0.742. The number of likely N-dealkylation sites (N-methyl/N-ethyl adjacent to an activating group) is 1. The molecule has 0 saturated heterocycles. The zero-order chi connectivity index (χ0) is 15.2. The monoisotopic (exact) mass is 298 g/mol. The molecule has 0 spiro atoms. The number of aromatic nitrogens is 4. The zero-order valence-corrected chi connectivity index (χ0v) is 12.9. The highest BCUT2D eigenvalue weighted by molar-refractivity contribution is 5.39. The minimum Gasteiger partial charge on any atom is -0.366 e. The SMILES string of the molecule is CN(CCc1ccncc1)c1nncc(NC2CCCC2)n1. The average Bonchev–Trinajstić information content (AvgIpc) is 3.07. The molecule has 1 fully saturated rings. The fourth-order valence-corrected chi connectivity index (χ4v) is 2.75. The second-order valence-corrected chi connectivity index (χ2v) is 5.79. The Morgan fingerprint density at radius 3 is 2.77 bits per heavy atom. The molecule has 2 aromatic rings. The first-order chi connectivity index (χ1) is 10.8. The molecule has 0 bridgehead atoms. The molecule has 6 nitrogen and oxygen atoms in total. The van der Waals surface area contributed by atoms with Crippen molar-refractivity contribution in [1.82, 2.24) is 20.2 Å². The van der Waals surface area contributed by atoms with Gasteiger partial charge in [0.1, 0.15) is 0 Å². The molecule has 22 heavy (non-hydrogen) atoms. The highest BCUT2D eigenvalue weighted by atomic mass is 15.3. The summed E-state index contributed by atoms with van der Waals surface area (Å²) in [6.45, 7) is 0.846. The zero-order valence-electron chi connectivity index (χ0n) is 12.9. The maximum atomic E-state index is 4.58. The number of pyridine rings is 1. The van der Waals surface area contributed by atoms with E-state index in [4.69, 9.17) is 0 Å². The highest BCUT2D eigenvalue weighted by Crippen LogP contribution is 2.21. The first-order valence-corrected chi connectivity index (χ1v) is 7.87. The Kier molecular flexibility index (Phi) is 4.78. The summed E-state index contributed by atoms with van der Waals surface area (Å²) in [7, 11) is 2.00. The van der Waals surface area contributed by atoms with E-state index in [1.807, 2.05) is 36.5 Å². The second kappa shape index (κ2) is 7.15. The van der Waals surface area contributed by atoms with E-state index < -0.39 is 0 Å². The van der Waals surface area contributed by atoms with Gasteiger partial charge >= 0.3 is 0 Å². The van der Waals surface area contributed by atoms with E-state index in [1.54, 1.807) is 6.20 Å². The number of nitrogens with one attached hydrogen (secondary N) is 1. The maximum Gasteiger partial charge on any atom is 0.247 e. The van der Waals surface area contributed by atoms with Crippen molar-refractivity contribution in [3.63, 3.8) is 0 Å². The van der Waals surface area contributed by atoms with Crippen LogP contribution in [-0.4, -0.2) is 39.8 Å². The average molecular weight is 298 g/mol. The first kappa shape index (κ1) is 14.7. The van der Waals surface area contributed by atoms with E-state index in [9.17, 15) is 0 Å². The van der Waals surface area contributed by atoms with E-state index in [0.29, 0.717) is 12.0 Å². The van der Waals surface area contributed by atoms with Gasteiger partial charge in [-0.25, -0.2) is 0 Å². The third-order valence-electron chi connectivity index (χ3n) is 4.08. The van der Waals surface area contributed by atoms with Crippen LogP contribution in [0.4, 0.5) is 11.8 Å². The fraction of sp³-hybridized carbons (Fsp3) is 0.500. The molecular formula is C16H22N6. The minimum atomic E-state index is 0.534. The molecule has 1 aliphatic carbocycles. The van der Waals surface area contributed by atoms with Gasteiger partial charge in [-0.3, -0.25) is 4.98 Å². The molecular weight excluding hydrogens is 276 g/mol. The van der Waals surface area contributed by atoms with Crippen LogP contribution in [0.1, 0.15) is 31.2 Å². The van der Waals surface area contributed by atoms with Crippen molar-refractivity contribution < 1.29 is 0 Å². The summed E-state index contributed by atoms with van der Waals surface area (Å²) in [6.07, 6.45) is 11.3. The molecule has 6 heteroatoms. The van der Waals surface area contributed by atoms with Crippen LogP contribution in [0.5, 0.6) is 0 Å². The predicted molar refractivity (Wildman–Crippen MR) is 86.9 cm³/mol. The van der Waals surface area contributed by atoms with Crippen LogP contribution in [0, 0.1) is 0 Å². The van der Waals surface area contributed by atoms with Gasteiger partial charge in [0.25, 0.3) is 0 Å². The second-order valence-electron chi connectivity index (χ2n) is 5.79. The molecule has 3 rings (SSSR count). The van der Waals surface area contributed by atoms with Crippen LogP contribution >= 0.6 is 0 Å². The van der Waals surface area contributed by atoms with E-state index in [1.165, 1.54) is 31.2 Å². The van der Waals surface area contributed by atoms with Gasteiger partial charge in [0, 0.05) is 32.0 Å². The molecule has 2 heterocycles. The number of nitrogens with zero attached hydrogens (tertiary/aromatic N) is 5. The van der Waals surface area contributed by atoms with Crippen LogP contribution < -0.4 is 10.2 Å². The Bertz CT molecular complexity index is 582. The van der Waals surface area contributed by atoms with Crippen LogP contribution in [0.2, 0.25) is 0 Å². The Morgan fingerprint density at radius 2 is 2.00 bits per heavy atom. The number of rotatable bonds is 6. The lowest BCUT2D eigenvalue weighted by Gasteiger charge is -2.18. The van der Waals surface area contributed by atoms with E-state index >= 15 is 0 Å². The first-order valence-electron chi connectivity index (χ1n) is 7.87. The van der Waals surface area contributed by atoms with E-state index in [-0.39, 0.29) is 0 Å². The van der Waals surface area contributed by atoms with Crippen LogP contribution in [0.15, 0.2) is 30.7 Å². The van der Waals surface area contributed by atoms with Gasteiger partial charge < -0.3 is 10.2 Å². The van der Waals surface area contributed by atoms with Crippen LogP contribution in [0.3, 0.4) is 0 Å². The predicted octanol–water partition coefficient (Wildman–Crippen LogP) is 2.30. The van der Waals surface area contributed by atoms with Crippen molar-refractivity contribution in [2.45, 2.75) is 38.1 Å². The van der Waals surface area contributed by atoms with Crippen molar-refractivity contribution >= 4 is 11.8 Å². The summed E-state index contributed by atoms with van der Waals surface area (Å²) in [4.78, 5) is 10.6. The largest absolute Gasteiger partial charge is 0.366 e. The summed E-state index contributed by atoms with van der Waals surface area (Å²) in [5.74, 6) is 1.49. The van der Waals surface area contributed by atoms with Gasteiger partial charge in [-0.1, -0.05) is 12.8 Å². The minimum absolute atomic E-state index is 0.534. The molecule has 0 aliphatic heterocycles. The van der Waals surface area contributed by atoms with E-state index in [0.717, 1.165) is 18.8 Å². The molecule has 0 amide bonds. The van der Waals surface area contributed by atoms with Crippen molar-refractivity contribution in [1.29, 1.82) is 0 Å². The molecule has 1 N–H and O–H groups in total. The standard InChI is InChI=1S/C16H22N6/c1-22(11-8-13-6-9-17-10-7-13)16-20-15(12-18-21-16)19-14-4-2-3-5-14/h6-7,9-10,12,14H,2-5,8,11H2,1H3,(H,19,20,21). The molecule has 1 saturated carbocycles. The third-order valence-corrected chi connectivity index (χ3v) is 4.08. The Balaban J connectivity index is 1.58. The van der Waals surface area contributed by atoms with Crippen molar-refractivity contribution in [3.05, 3.63) is 36.3 Å². The Labute approximate surface area is 131 Å². The summed E-state index contributed by atoms with van der Waals surface area (Å²) >= 11 is 0. The van der Waals surface area contributed by atoms with Gasteiger partial charge in [0.15, 0.2) is 5.82 Å². The van der Waals surface area contributed by atoms with Gasteiger partial charge in [-0.2, -0.15) is 10.1 Å². The molecule has 116 valence electrons. The summed E-state index contributed by atoms with van der Waals surface area (Å²) in [5, 5.41) is 11.7. The molecule has 2 aromatic heterocycles. The Morgan fingerprint density at radius 1 is 1.23 bits per heavy atom. The van der Waals surface area contributed by atoms with Crippen molar-refractivity contribution in [2.24, 2.45) is 0 Å². The normalized spacial score (nSPS) is 15.0. The quantitative estimate of drug-likeness (QED) is 0.882. The molecule has 0 radical (unpaired) electrons. The Hall–Kier alpha value is -2.24. The smallest absolute Gasteiger partial charge is 0.247 e. The summed E-state index contributed by atoms with van der Waals surface area (Å²) < 4.78 is 0. The van der Waals surface area contributed by atoms with Crippen molar-refractivity contribution in [3.8, 4) is 0 Å². The third kappa shape index (κ3) is 3.90. The lowest BCUT2D eigenvalue weighted by atomic mass is 10.2. The topological polar surface area (TPSA) is 66.8 Å². The van der Waals surface area contributed by atoms with E-state index in [2.05, 4.69) is 25.5 Å². The fourth-order valence-electron chi connectivity index (χ4n) is 2.75.